The lowest BCUT2D eigenvalue weighted by Gasteiger charge is -2.39. The summed E-state index contributed by atoms with van der Waals surface area (Å²) in [6.45, 7) is 10.9. The van der Waals surface area contributed by atoms with E-state index in [1.165, 1.54) is 6.42 Å². The normalized spacial score (nSPS) is 18.6. The lowest BCUT2D eigenvalue weighted by Crippen LogP contribution is -2.41. The van der Waals surface area contributed by atoms with Crippen LogP contribution in [0, 0.1) is 11.2 Å². The maximum absolute atomic E-state index is 14.6. The summed E-state index contributed by atoms with van der Waals surface area (Å²) in [7, 11) is 0. The van der Waals surface area contributed by atoms with Gasteiger partial charge in [-0.25, -0.2) is 9.37 Å². The van der Waals surface area contributed by atoms with Crippen LogP contribution in [0.3, 0.4) is 0 Å². The van der Waals surface area contributed by atoms with Gasteiger partial charge in [-0.1, -0.05) is 27.7 Å². The van der Waals surface area contributed by atoms with E-state index in [1.54, 1.807) is 12.3 Å². The van der Waals surface area contributed by atoms with Crippen LogP contribution in [-0.2, 0) is 6.54 Å². The monoisotopic (exact) mass is 279 g/mol. The maximum atomic E-state index is 14.6. The van der Waals surface area contributed by atoms with Crippen LogP contribution >= 0.6 is 0 Å². The molecular formula is C16H26FN3. The minimum Gasteiger partial charge on any atom is -0.354 e. The smallest absolute Gasteiger partial charge is 0.170 e. The van der Waals surface area contributed by atoms with Gasteiger partial charge in [-0.15, -0.1) is 0 Å². The Bertz CT molecular complexity index is 457. The number of nitrogens with zero attached hydrogens (tertiary/aromatic N) is 2. The van der Waals surface area contributed by atoms with Crippen LogP contribution in [0.1, 0.15) is 46.1 Å². The summed E-state index contributed by atoms with van der Waals surface area (Å²) in [6.07, 6.45) is 4.01. The lowest BCUT2D eigenvalue weighted by atomic mass is 9.84. The van der Waals surface area contributed by atoms with Crippen LogP contribution in [0.15, 0.2) is 12.3 Å². The van der Waals surface area contributed by atoms with Crippen LogP contribution in [0.2, 0.25) is 0 Å². The minimum absolute atomic E-state index is 0.168. The van der Waals surface area contributed by atoms with E-state index in [0.29, 0.717) is 24.0 Å². The van der Waals surface area contributed by atoms with Crippen molar-refractivity contribution in [2.45, 2.75) is 53.1 Å². The molecule has 0 unspecified atom stereocenters. The average molecular weight is 279 g/mol. The van der Waals surface area contributed by atoms with E-state index in [2.05, 4.69) is 42.9 Å². The van der Waals surface area contributed by atoms with Gasteiger partial charge in [0.1, 0.15) is 0 Å². The van der Waals surface area contributed by atoms with Crippen LogP contribution in [-0.4, -0.2) is 24.1 Å². The van der Waals surface area contributed by atoms with Crippen LogP contribution in [0.25, 0.3) is 0 Å². The van der Waals surface area contributed by atoms with Gasteiger partial charge >= 0.3 is 0 Å². The van der Waals surface area contributed by atoms with Crippen molar-refractivity contribution in [3.8, 4) is 0 Å². The topological polar surface area (TPSA) is 28.2 Å². The predicted octanol–water partition coefficient (Wildman–Crippen LogP) is 3.35. The number of nitrogens with one attached hydrogen (secondary N) is 1. The molecule has 20 heavy (non-hydrogen) atoms. The number of pyridine rings is 1. The SMILES string of the molecule is CC(C)NCc1ccnc(N2CCCC(C)(C)C2)c1F. The Labute approximate surface area is 121 Å². The summed E-state index contributed by atoms with van der Waals surface area (Å²) in [5.41, 5.74) is 0.936. The van der Waals surface area contributed by atoms with E-state index in [0.717, 1.165) is 19.5 Å². The Morgan fingerprint density at radius 1 is 1.45 bits per heavy atom. The van der Waals surface area contributed by atoms with Crippen LogP contribution < -0.4 is 10.2 Å². The second-order valence-electron chi connectivity index (χ2n) is 6.83. The second-order valence-corrected chi connectivity index (χ2v) is 6.83. The number of aromatic nitrogens is 1. The molecular weight excluding hydrogens is 253 g/mol. The summed E-state index contributed by atoms with van der Waals surface area (Å²) in [6, 6.07) is 2.11. The van der Waals surface area contributed by atoms with Crippen molar-refractivity contribution >= 4 is 5.82 Å². The highest BCUT2D eigenvalue weighted by Crippen LogP contribution is 2.32. The molecule has 0 bridgehead atoms. The average Bonchev–Trinajstić information content (AvgIpc) is 2.36. The fraction of sp³-hybridized carbons (Fsp3) is 0.688. The fourth-order valence-electron chi connectivity index (χ4n) is 2.75. The van der Waals surface area contributed by atoms with Crippen LogP contribution in [0.5, 0.6) is 0 Å². The van der Waals surface area contributed by atoms with Gasteiger partial charge in [-0.2, -0.15) is 0 Å². The highest BCUT2D eigenvalue weighted by atomic mass is 19.1. The van der Waals surface area contributed by atoms with Gasteiger partial charge < -0.3 is 10.2 Å². The molecule has 2 heterocycles. The van der Waals surface area contributed by atoms with Crippen molar-refractivity contribution in [2.24, 2.45) is 5.41 Å². The largest absolute Gasteiger partial charge is 0.354 e. The third-order valence-corrected chi connectivity index (χ3v) is 3.85. The third-order valence-electron chi connectivity index (χ3n) is 3.85. The first kappa shape index (κ1) is 15.2. The summed E-state index contributed by atoms with van der Waals surface area (Å²) in [5, 5.41) is 3.26. The van der Waals surface area contributed by atoms with Crippen molar-refractivity contribution in [2.75, 3.05) is 18.0 Å². The predicted molar refractivity (Wildman–Crippen MR) is 81.4 cm³/mol. The molecule has 0 saturated carbocycles. The number of rotatable bonds is 4. The highest BCUT2D eigenvalue weighted by Gasteiger charge is 2.28. The molecule has 4 heteroatoms. The van der Waals surface area contributed by atoms with Gasteiger partial charge in [0.2, 0.25) is 0 Å². The number of hydrogen-bond acceptors (Lipinski definition) is 3. The van der Waals surface area contributed by atoms with Crippen molar-refractivity contribution in [3.63, 3.8) is 0 Å². The van der Waals surface area contributed by atoms with Crippen molar-refractivity contribution < 1.29 is 4.39 Å². The van der Waals surface area contributed by atoms with E-state index in [4.69, 9.17) is 0 Å². The molecule has 1 aromatic heterocycles. The molecule has 0 aliphatic carbocycles. The van der Waals surface area contributed by atoms with E-state index in [9.17, 15) is 4.39 Å². The number of piperidine rings is 1. The zero-order chi connectivity index (χ0) is 14.8. The quantitative estimate of drug-likeness (QED) is 0.916. The second kappa shape index (κ2) is 6.08. The molecule has 0 atom stereocenters. The van der Waals surface area contributed by atoms with E-state index in [1.807, 2.05) is 0 Å². The van der Waals surface area contributed by atoms with Gasteiger partial charge in [0.05, 0.1) is 0 Å². The molecule has 1 fully saturated rings. The molecule has 1 aromatic rings. The fourth-order valence-corrected chi connectivity index (χ4v) is 2.75. The van der Waals surface area contributed by atoms with Gasteiger partial charge in [0.15, 0.2) is 11.6 Å². The molecule has 0 aromatic carbocycles. The number of halogens is 1. The Hall–Kier alpha value is -1.16. The standard InChI is InChI=1S/C16H26FN3/c1-12(2)19-10-13-6-8-18-15(14(13)17)20-9-5-7-16(3,4)11-20/h6,8,12,19H,5,7,9-11H2,1-4H3. The maximum Gasteiger partial charge on any atom is 0.170 e. The number of hydrogen-bond donors (Lipinski definition) is 1. The zero-order valence-corrected chi connectivity index (χ0v) is 13.0. The van der Waals surface area contributed by atoms with Gasteiger partial charge in [-0.3, -0.25) is 0 Å². The summed E-state index contributed by atoms with van der Waals surface area (Å²) in [5.74, 6) is 0.346. The molecule has 1 aliphatic rings. The minimum atomic E-state index is -0.168. The molecule has 0 radical (unpaired) electrons. The third kappa shape index (κ3) is 3.69. The molecule has 0 spiro atoms. The number of anilines is 1. The molecule has 1 N–H and O–H groups in total. The lowest BCUT2D eigenvalue weighted by molar-refractivity contribution is 0.290. The Kier molecular flexibility index (Phi) is 4.63. The van der Waals surface area contributed by atoms with E-state index in [-0.39, 0.29) is 11.2 Å². The van der Waals surface area contributed by atoms with Crippen molar-refractivity contribution in [1.82, 2.24) is 10.3 Å². The Morgan fingerprint density at radius 2 is 2.20 bits per heavy atom. The molecule has 3 nitrogen and oxygen atoms in total. The first-order chi connectivity index (χ1) is 9.39. The van der Waals surface area contributed by atoms with Crippen LogP contribution in [0.4, 0.5) is 10.2 Å². The molecule has 2 rings (SSSR count). The van der Waals surface area contributed by atoms with E-state index >= 15 is 0 Å². The highest BCUT2D eigenvalue weighted by molar-refractivity contribution is 5.44. The summed E-state index contributed by atoms with van der Waals surface area (Å²) >= 11 is 0. The Morgan fingerprint density at radius 3 is 2.85 bits per heavy atom. The Balaban J connectivity index is 2.17. The van der Waals surface area contributed by atoms with Gasteiger partial charge in [0, 0.05) is 37.4 Å². The summed E-state index contributed by atoms with van der Waals surface area (Å²) < 4.78 is 14.6. The summed E-state index contributed by atoms with van der Waals surface area (Å²) in [4.78, 5) is 6.37. The van der Waals surface area contributed by atoms with Crippen molar-refractivity contribution in [3.05, 3.63) is 23.6 Å². The van der Waals surface area contributed by atoms with Crippen molar-refractivity contribution in [1.29, 1.82) is 0 Å². The molecule has 1 aliphatic heterocycles. The molecule has 1 saturated heterocycles. The van der Waals surface area contributed by atoms with E-state index < -0.39 is 0 Å². The van der Waals surface area contributed by atoms with Gasteiger partial charge in [-0.05, 0) is 24.3 Å². The first-order valence-corrected chi connectivity index (χ1v) is 7.51. The first-order valence-electron chi connectivity index (χ1n) is 7.51. The van der Waals surface area contributed by atoms with Gasteiger partial charge in [0.25, 0.3) is 0 Å². The zero-order valence-electron chi connectivity index (χ0n) is 13.0. The molecule has 0 amide bonds. The molecule has 112 valence electrons.